The zero-order valence-corrected chi connectivity index (χ0v) is 12.6. The summed E-state index contributed by atoms with van der Waals surface area (Å²) in [5.41, 5.74) is 0.938. The number of methoxy groups -OCH3 is 1. The Kier molecular flexibility index (Phi) is 4.32. The van der Waals surface area contributed by atoms with Gasteiger partial charge in [-0.2, -0.15) is 0 Å². The molecule has 1 saturated heterocycles. The fourth-order valence-electron chi connectivity index (χ4n) is 2.45. The highest BCUT2D eigenvalue weighted by Crippen LogP contribution is 2.26. The molecule has 6 heteroatoms. The van der Waals surface area contributed by atoms with Crippen LogP contribution in [-0.4, -0.2) is 40.8 Å². The van der Waals surface area contributed by atoms with Gasteiger partial charge in [0.2, 0.25) is 0 Å². The zero-order valence-electron chi connectivity index (χ0n) is 11.8. The predicted octanol–water partition coefficient (Wildman–Crippen LogP) is 1.87. The molecule has 2 rings (SSSR count). The van der Waals surface area contributed by atoms with Crippen molar-refractivity contribution >= 4 is 21.5 Å². The van der Waals surface area contributed by atoms with E-state index in [1.807, 2.05) is 0 Å². The van der Waals surface area contributed by atoms with Crippen LogP contribution in [0.1, 0.15) is 29.6 Å². The first-order valence-corrected chi connectivity index (χ1v) is 8.50. The summed E-state index contributed by atoms with van der Waals surface area (Å²) in [6.07, 6.45) is 4.52. The Morgan fingerprint density at radius 3 is 2.40 bits per heavy atom. The Bertz CT molecular complexity index is 604. The van der Waals surface area contributed by atoms with Gasteiger partial charge in [0.1, 0.15) is 0 Å². The van der Waals surface area contributed by atoms with Crippen LogP contribution in [0.4, 0.5) is 5.69 Å². The molecule has 0 aromatic heterocycles. The van der Waals surface area contributed by atoms with Crippen LogP contribution in [0, 0.1) is 0 Å². The van der Waals surface area contributed by atoms with E-state index in [9.17, 15) is 13.2 Å². The van der Waals surface area contributed by atoms with Gasteiger partial charge in [-0.1, -0.05) is 0 Å². The fourth-order valence-corrected chi connectivity index (χ4v) is 3.33. The van der Waals surface area contributed by atoms with Crippen molar-refractivity contribution in [1.29, 1.82) is 0 Å². The summed E-state index contributed by atoms with van der Waals surface area (Å²) in [6, 6.07) is 4.89. The molecule has 1 aromatic carbocycles. The molecular weight excluding hydrogens is 278 g/mol. The van der Waals surface area contributed by atoms with Crippen LogP contribution in [0.3, 0.4) is 0 Å². The van der Waals surface area contributed by atoms with Gasteiger partial charge in [0.15, 0.2) is 9.84 Å². The second-order valence-corrected chi connectivity index (χ2v) is 6.98. The van der Waals surface area contributed by atoms with Gasteiger partial charge < -0.3 is 9.64 Å². The minimum absolute atomic E-state index is 0.0347. The molecule has 1 aromatic rings. The molecule has 0 saturated carbocycles. The number of benzene rings is 1. The fraction of sp³-hybridized carbons (Fsp3) is 0.500. The number of sulfone groups is 1. The van der Waals surface area contributed by atoms with E-state index < -0.39 is 15.8 Å². The Labute approximate surface area is 119 Å². The quantitative estimate of drug-likeness (QED) is 0.797. The minimum Gasteiger partial charge on any atom is -0.465 e. The van der Waals surface area contributed by atoms with Crippen molar-refractivity contribution in [3.05, 3.63) is 23.8 Å². The Morgan fingerprint density at radius 1 is 1.20 bits per heavy atom. The van der Waals surface area contributed by atoms with Gasteiger partial charge >= 0.3 is 5.97 Å². The van der Waals surface area contributed by atoms with Crippen LogP contribution < -0.4 is 4.90 Å². The lowest BCUT2D eigenvalue weighted by molar-refractivity contribution is 0.0596. The Morgan fingerprint density at radius 2 is 1.85 bits per heavy atom. The lowest BCUT2D eigenvalue weighted by Crippen LogP contribution is -2.29. The number of hydrogen-bond donors (Lipinski definition) is 0. The van der Waals surface area contributed by atoms with Gasteiger partial charge in [-0.3, -0.25) is 0 Å². The molecule has 1 aliphatic heterocycles. The summed E-state index contributed by atoms with van der Waals surface area (Å²) < 4.78 is 28.4. The van der Waals surface area contributed by atoms with Crippen LogP contribution in [-0.2, 0) is 14.6 Å². The number of anilines is 1. The van der Waals surface area contributed by atoms with Crippen LogP contribution in [0.5, 0.6) is 0 Å². The Hall–Kier alpha value is -1.56. The molecule has 1 fully saturated rings. The number of nitrogens with zero attached hydrogens (tertiary/aromatic N) is 1. The van der Waals surface area contributed by atoms with E-state index in [4.69, 9.17) is 0 Å². The molecule has 0 N–H and O–H groups in total. The van der Waals surface area contributed by atoms with E-state index >= 15 is 0 Å². The predicted molar refractivity (Wildman–Crippen MR) is 77.0 cm³/mol. The summed E-state index contributed by atoms with van der Waals surface area (Å²) in [5.74, 6) is -0.629. The number of piperidine rings is 1. The van der Waals surface area contributed by atoms with Gasteiger partial charge in [0.25, 0.3) is 0 Å². The molecule has 0 bridgehead atoms. The first-order valence-electron chi connectivity index (χ1n) is 6.61. The van der Waals surface area contributed by atoms with Gasteiger partial charge in [0.05, 0.1) is 17.6 Å². The van der Waals surface area contributed by atoms with Crippen molar-refractivity contribution in [2.24, 2.45) is 0 Å². The molecule has 0 amide bonds. The highest BCUT2D eigenvalue weighted by Gasteiger charge is 2.21. The van der Waals surface area contributed by atoms with E-state index in [2.05, 4.69) is 9.64 Å². The molecule has 0 aliphatic carbocycles. The maximum absolute atomic E-state index is 11.9. The van der Waals surface area contributed by atoms with Crippen molar-refractivity contribution in [3.8, 4) is 0 Å². The van der Waals surface area contributed by atoms with E-state index in [0.717, 1.165) is 37.9 Å². The molecule has 20 heavy (non-hydrogen) atoms. The number of rotatable bonds is 3. The maximum Gasteiger partial charge on any atom is 0.339 e. The summed E-state index contributed by atoms with van der Waals surface area (Å²) in [7, 11) is -2.23. The maximum atomic E-state index is 11.9. The first kappa shape index (κ1) is 14.8. The molecule has 0 radical (unpaired) electrons. The highest BCUT2D eigenvalue weighted by atomic mass is 32.2. The third-order valence-corrected chi connectivity index (χ3v) is 4.63. The average molecular weight is 297 g/mol. The Balaban J connectivity index is 2.46. The first-order chi connectivity index (χ1) is 9.43. The standard InChI is InChI=1S/C14H19NO4S/c1-19-14(16)12-7-6-11(10-13(12)20(2,17)18)15-8-4-3-5-9-15/h6-7,10H,3-5,8-9H2,1-2H3. The summed E-state index contributed by atoms with van der Waals surface area (Å²) in [4.78, 5) is 13.9. The topological polar surface area (TPSA) is 63.7 Å². The molecule has 1 heterocycles. The summed E-state index contributed by atoms with van der Waals surface area (Å²) in [5, 5.41) is 0. The normalized spacial score (nSPS) is 16.0. The van der Waals surface area contributed by atoms with E-state index in [1.54, 1.807) is 12.1 Å². The molecule has 5 nitrogen and oxygen atoms in total. The van der Waals surface area contributed by atoms with Crippen molar-refractivity contribution in [1.82, 2.24) is 0 Å². The smallest absolute Gasteiger partial charge is 0.339 e. The number of esters is 1. The zero-order chi connectivity index (χ0) is 14.8. The van der Waals surface area contributed by atoms with Crippen molar-refractivity contribution < 1.29 is 17.9 Å². The highest BCUT2D eigenvalue weighted by molar-refractivity contribution is 7.90. The van der Waals surface area contributed by atoms with Crippen LogP contribution in [0.25, 0.3) is 0 Å². The van der Waals surface area contributed by atoms with E-state index in [1.165, 1.54) is 19.6 Å². The third-order valence-electron chi connectivity index (χ3n) is 3.49. The lowest BCUT2D eigenvalue weighted by Gasteiger charge is -2.29. The molecule has 0 unspecified atom stereocenters. The van der Waals surface area contributed by atoms with Crippen molar-refractivity contribution in [2.75, 3.05) is 31.4 Å². The summed E-state index contributed by atoms with van der Waals surface area (Å²) >= 11 is 0. The number of carbonyl (C=O) groups is 1. The van der Waals surface area contributed by atoms with Crippen LogP contribution >= 0.6 is 0 Å². The molecule has 110 valence electrons. The van der Waals surface area contributed by atoms with Gasteiger partial charge in [-0.05, 0) is 37.5 Å². The number of hydrogen-bond acceptors (Lipinski definition) is 5. The van der Waals surface area contributed by atoms with Gasteiger partial charge in [-0.15, -0.1) is 0 Å². The molecule has 0 spiro atoms. The SMILES string of the molecule is COC(=O)c1ccc(N2CCCCC2)cc1S(C)(=O)=O. The second kappa shape index (κ2) is 5.83. The average Bonchev–Trinajstić information content (AvgIpc) is 2.46. The van der Waals surface area contributed by atoms with Crippen LogP contribution in [0.15, 0.2) is 23.1 Å². The number of ether oxygens (including phenoxy) is 1. The molecular formula is C14H19NO4S. The van der Waals surface area contributed by atoms with Gasteiger partial charge in [0, 0.05) is 25.0 Å². The van der Waals surface area contributed by atoms with Gasteiger partial charge in [-0.25, -0.2) is 13.2 Å². The van der Waals surface area contributed by atoms with Crippen LogP contribution in [0.2, 0.25) is 0 Å². The molecule has 0 atom stereocenters. The van der Waals surface area contributed by atoms with Crippen molar-refractivity contribution in [3.63, 3.8) is 0 Å². The lowest BCUT2D eigenvalue weighted by atomic mass is 10.1. The third kappa shape index (κ3) is 3.12. The minimum atomic E-state index is -3.48. The largest absolute Gasteiger partial charge is 0.465 e. The van der Waals surface area contributed by atoms with E-state index in [0.29, 0.717) is 0 Å². The number of carbonyl (C=O) groups excluding carboxylic acids is 1. The summed E-state index contributed by atoms with van der Waals surface area (Å²) in [6.45, 7) is 1.83. The van der Waals surface area contributed by atoms with E-state index in [-0.39, 0.29) is 10.5 Å². The van der Waals surface area contributed by atoms with Crippen molar-refractivity contribution in [2.45, 2.75) is 24.2 Å². The molecule has 1 aliphatic rings. The second-order valence-electron chi connectivity index (χ2n) is 4.99. The monoisotopic (exact) mass is 297 g/mol.